The van der Waals surface area contributed by atoms with Gasteiger partial charge in [0.2, 0.25) is 0 Å². The summed E-state index contributed by atoms with van der Waals surface area (Å²) in [7, 11) is 1.81. The Kier molecular flexibility index (Phi) is 5.76. The van der Waals surface area contributed by atoms with Crippen molar-refractivity contribution in [3.63, 3.8) is 0 Å². The van der Waals surface area contributed by atoms with Crippen LogP contribution in [0.3, 0.4) is 0 Å². The molecule has 35 heavy (non-hydrogen) atoms. The zero-order chi connectivity index (χ0) is 24.4. The summed E-state index contributed by atoms with van der Waals surface area (Å²) in [5.74, 6) is -0.844. The molecule has 0 saturated carbocycles. The van der Waals surface area contributed by atoms with E-state index in [9.17, 15) is 13.6 Å². The number of amides is 2. The highest BCUT2D eigenvalue weighted by atomic mass is 19.1. The largest absolute Gasteiger partial charge is 0.454 e. The highest BCUT2D eigenvalue weighted by Crippen LogP contribution is 2.29. The smallest absolute Gasteiger partial charge is 0.323 e. The van der Waals surface area contributed by atoms with Gasteiger partial charge in [-0.3, -0.25) is 9.67 Å². The number of benzene rings is 3. The summed E-state index contributed by atoms with van der Waals surface area (Å²) in [5, 5.41) is 9.22. The number of urea groups is 1. The van der Waals surface area contributed by atoms with Crippen LogP contribution in [0.1, 0.15) is 0 Å². The van der Waals surface area contributed by atoms with Gasteiger partial charge in [0, 0.05) is 42.3 Å². The quantitative estimate of drug-likeness (QED) is 0.340. The summed E-state index contributed by atoms with van der Waals surface area (Å²) >= 11 is 0. The van der Waals surface area contributed by atoms with Gasteiger partial charge in [-0.1, -0.05) is 6.07 Å². The van der Waals surface area contributed by atoms with Crippen LogP contribution in [0.25, 0.3) is 22.3 Å². The second kappa shape index (κ2) is 9.18. The van der Waals surface area contributed by atoms with Gasteiger partial charge in [0.25, 0.3) is 0 Å². The van der Waals surface area contributed by atoms with Crippen molar-refractivity contribution in [3.05, 3.63) is 90.9 Å². The molecule has 0 aliphatic carbocycles. The van der Waals surface area contributed by atoms with E-state index in [2.05, 4.69) is 25.7 Å². The lowest BCUT2D eigenvalue weighted by molar-refractivity contribution is 0.262. The Labute approximate surface area is 198 Å². The molecule has 2 aromatic heterocycles. The normalized spacial score (nSPS) is 10.8. The van der Waals surface area contributed by atoms with Crippen LogP contribution in [0.5, 0.6) is 11.5 Å². The van der Waals surface area contributed by atoms with Gasteiger partial charge in [0.15, 0.2) is 11.6 Å². The Morgan fingerprint density at radius 3 is 2.54 bits per heavy atom. The third-order valence-corrected chi connectivity index (χ3v) is 5.01. The van der Waals surface area contributed by atoms with E-state index < -0.39 is 17.7 Å². The summed E-state index contributed by atoms with van der Waals surface area (Å²) in [6.07, 6.45) is 5.17. The van der Waals surface area contributed by atoms with E-state index in [4.69, 9.17) is 4.74 Å². The highest BCUT2D eigenvalue weighted by molar-refractivity contribution is 5.99. The Hall–Kier alpha value is -4.86. The molecular formula is C25H18F2N6O2. The average Bonchev–Trinajstić information content (AvgIpc) is 3.27. The van der Waals surface area contributed by atoms with Gasteiger partial charge < -0.3 is 15.4 Å². The van der Waals surface area contributed by atoms with E-state index in [-0.39, 0.29) is 17.1 Å². The second-order valence-corrected chi connectivity index (χ2v) is 7.65. The van der Waals surface area contributed by atoms with Gasteiger partial charge in [-0.25, -0.2) is 18.6 Å². The zero-order valence-electron chi connectivity index (χ0n) is 18.4. The number of hydrogen-bond acceptors (Lipinski definition) is 5. The number of rotatable bonds is 5. The third kappa shape index (κ3) is 5.06. The molecule has 5 aromatic rings. The molecule has 0 atom stereocenters. The molecule has 0 spiro atoms. The Morgan fingerprint density at radius 2 is 1.77 bits per heavy atom. The Balaban J connectivity index is 1.35. The summed E-state index contributed by atoms with van der Waals surface area (Å²) in [6, 6.07) is 13.8. The molecule has 0 fully saturated rings. The fourth-order valence-corrected chi connectivity index (χ4v) is 3.39. The molecule has 174 valence electrons. The Bertz CT molecular complexity index is 1550. The van der Waals surface area contributed by atoms with Crippen LogP contribution in [0, 0.1) is 11.6 Å². The molecule has 0 bridgehead atoms. The van der Waals surface area contributed by atoms with Gasteiger partial charge >= 0.3 is 6.03 Å². The molecular weight excluding hydrogens is 454 g/mol. The molecule has 0 radical (unpaired) electrons. The van der Waals surface area contributed by atoms with E-state index in [0.717, 1.165) is 5.56 Å². The molecule has 3 aromatic carbocycles. The maximum atomic E-state index is 14.5. The third-order valence-electron chi connectivity index (χ3n) is 5.01. The fourth-order valence-electron chi connectivity index (χ4n) is 3.39. The van der Waals surface area contributed by atoms with Crippen LogP contribution in [0.4, 0.5) is 25.0 Å². The van der Waals surface area contributed by atoms with Crippen molar-refractivity contribution in [3.8, 4) is 22.8 Å². The van der Waals surface area contributed by atoms with Crippen molar-refractivity contribution >= 4 is 28.4 Å². The molecule has 2 heterocycles. The minimum atomic E-state index is -0.614. The molecule has 8 nitrogen and oxygen atoms in total. The van der Waals surface area contributed by atoms with Crippen molar-refractivity contribution < 1.29 is 18.3 Å². The molecule has 5 rings (SSSR count). The van der Waals surface area contributed by atoms with Crippen molar-refractivity contribution in [2.24, 2.45) is 7.05 Å². The van der Waals surface area contributed by atoms with Crippen molar-refractivity contribution in [2.75, 3.05) is 10.6 Å². The number of nitrogens with one attached hydrogen (secondary N) is 2. The Morgan fingerprint density at radius 1 is 0.943 bits per heavy atom. The van der Waals surface area contributed by atoms with Crippen LogP contribution in [0.15, 0.2) is 79.3 Å². The number of halogens is 2. The number of carbonyl (C=O) groups is 1. The van der Waals surface area contributed by atoms with Crippen LogP contribution in [0.2, 0.25) is 0 Å². The number of aromatic nitrogens is 4. The lowest BCUT2D eigenvalue weighted by Crippen LogP contribution is -2.19. The number of ether oxygens (including phenoxy) is 1. The van der Waals surface area contributed by atoms with E-state index in [1.807, 2.05) is 13.2 Å². The molecule has 2 amide bonds. The second-order valence-electron chi connectivity index (χ2n) is 7.65. The molecule has 0 saturated heterocycles. The average molecular weight is 472 g/mol. The fraction of sp³-hybridized carbons (Fsp3) is 0.0400. The molecule has 0 aliphatic rings. The summed E-state index contributed by atoms with van der Waals surface area (Å²) in [4.78, 5) is 21.3. The molecule has 10 heteroatoms. The minimum Gasteiger partial charge on any atom is -0.454 e. The predicted octanol–water partition coefficient (Wildman–Crippen LogP) is 5.74. The first kappa shape index (κ1) is 22.0. The van der Waals surface area contributed by atoms with Crippen LogP contribution in [-0.4, -0.2) is 25.8 Å². The lowest BCUT2D eigenvalue weighted by atomic mass is 10.2. The summed E-state index contributed by atoms with van der Waals surface area (Å²) < 4.78 is 35.2. The number of aryl methyl sites for hydroxylation is 1. The van der Waals surface area contributed by atoms with Crippen molar-refractivity contribution in [1.82, 2.24) is 19.7 Å². The monoisotopic (exact) mass is 472 g/mol. The molecule has 2 N–H and O–H groups in total. The maximum absolute atomic E-state index is 14.5. The highest BCUT2D eigenvalue weighted by Gasteiger charge is 2.11. The van der Waals surface area contributed by atoms with Crippen molar-refractivity contribution in [1.29, 1.82) is 0 Å². The number of hydrogen-bond donors (Lipinski definition) is 2. The number of nitrogens with zero attached hydrogens (tertiary/aromatic N) is 4. The minimum absolute atomic E-state index is 0.0933. The van der Waals surface area contributed by atoms with Gasteiger partial charge in [0.1, 0.15) is 11.6 Å². The van der Waals surface area contributed by atoms with Crippen LogP contribution in [-0.2, 0) is 7.05 Å². The SMILES string of the molecule is Cn1cc(-c2cnc3ccc(Oc4cc(NC(=O)Nc5cccc(F)c5)ccc4F)cc3n2)cn1. The van der Waals surface area contributed by atoms with Gasteiger partial charge in [-0.2, -0.15) is 5.10 Å². The first-order valence-corrected chi connectivity index (χ1v) is 10.5. The topological polar surface area (TPSA) is 94.0 Å². The summed E-state index contributed by atoms with van der Waals surface area (Å²) in [6.45, 7) is 0. The van der Waals surface area contributed by atoms with E-state index in [0.29, 0.717) is 22.5 Å². The maximum Gasteiger partial charge on any atom is 0.323 e. The van der Waals surface area contributed by atoms with Crippen molar-refractivity contribution in [2.45, 2.75) is 0 Å². The number of carbonyl (C=O) groups excluding carboxylic acids is 1. The number of anilines is 2. The first-order valence-electron chi connectivity index (χ1n) is 10.5. The van der Waals surface area contributed by atoms with Gasteiger partial charge in [0.05, 0.1) is 29.1 Å². The molecule has 0 unspecified atom stereocenters. The lowest BCUT2D eigenvalue weighted by Gasteiger charge is -2.11. The van der Waals surface area contributed by atoms with Gasteiger partial charge in [-0.05, 0) is 42.5 Å². The van der Waals surface area contributed by atoms with E-state index in [1.165, 1.54) is 36.4 Å². The zero-order valence-corrected chi connectivity index (χ0v) is 18.4. The van der Waals surface area contributed by atoms with Crippen LogP contribution >= 0.6 is 0 Å². The van der Waals surface area contributed by atoms with E-state index >= 15 is 0 Å². The predicted molar refractivity (Wildman–Crippen MR) is 127 cm³/mol. The number of fused-ring (bicyclic) bond motifs is 1. The van der Waals surface area contributed by atoms with Gasteiger partial charge in [-0.15, -0.1) is 0 Å². The first-order chi connectivity index (χ1) is 16.9. The molecule has 0 aliphatic heterocycles. The van der Waals surface area contributed by atoms with E-state index in [1.54, 1.807) is 41.3 Å². The van der Waals surface area contributed by atoms with Crippen LogP contribution < -0.4 is 15.4 Å². The standard InChI is InChI=1S/C25H18F2N6O2/c1-33-14-15(12-29-33)23-13-28-21-8-6-19(11-22(21)32-23)35-24-10-18(5-7-20(24)27)31-25(34)30-17-4-2-3-16(26)9-17/h2-14H,1H3,(H2,30,31,34). The summed E-state index contributed by atoms with van der Waals surface area (Å²) in [5.41, 5.74) is 3.24.